The van der Waals surface area contributed by atoms with Crippen molar-refractivity contribution in [1.82, 2.24) is 40.4 Å². The number of hydrogen-bond donors (Lipinski definition) is 4. The quantitative estimate of drug-likeness (QED) is 0.241. The highest BCUT2D eigenvalue weighted by Crippen LogP contribution is 2.33. The molecule has 0 radical (unpaired) electrons. The molecule has 0 bridgehead atoms. The zero-order valence-corrected chi connectivity index (χ0v) is 29.4. The first-order valence-electron chi connectivity index (χ1n) is 17.0. The van der Waals surface area contributed by atoms with E-state index in [-0.39, 0.29) is 35.7 Å². The molecule has 4 atom stereocenters. The molecule has 1 aromatic carbocycles. The van der Waals surface area contributed by atoms with Crippen LogP contribution in [-0.4, -0.2) is 93.1 Å². The van der Waals surface area contributed by atoms with Crippen molar-refractivity contribution in [2.75, 3.05) is 27.3 Å². The largest absolute Gasteiger partial charge is 0.453 e. The van der Waals surface area contributed by atoms with Gasteiger partial charge in [-0.2, -0.15) is 0 Å². The molecule has 50 heavy (non-hydrogen) atoms. The predicted octanol–water partition coefficient (Wildman–Crippen LogP) is 4.29. The lowest BCUT2D eigenvalue weighted by Crippen LogP contribution is -2.51. The summed E-state index contributed by atoms with van der Waals surface area (Å²) in [5, 5.41) is 5.34. The van der Waals surface area contributed by atoms with Crippen LogP contribution in [0, 0.1) is 23.7 Å². The molecular weight excluding hydrogens is 640 g/mol. The molecule has 5 rings (SSSR count). The molecule has 2 aliphatic heterocycles. The van der Waals surface area contributed by atoms with Crippen molar-refractivity contribution in [1.29, 1.82) is 0 Å². The Morgan fingerprint density at radius 3 is 1.76 bits per heavy atom. The Morgan fingerprint density at radius 1 is 0.760 bits per heavy atom. The molecule has 0 saturated carbocycles. The van der Waals surface area contributed by atoms with Gasteiger partial charge in [-0.25, -0.2) is 19.6 Å². The number of rotatable bonds is 9. The first-order chi connectivity index (χ1) is 24.0. The van der Waals surface area contributed by atoms with Gasteiger partial charge in [-0.1, -0.05) is 45.7 Å². The summed E-state index contributed by atoms with van der Waals surface area (Å²) in [5.41, 5.74) is 3.18. The second-order valence-corrected chi connectivity index (χ2v) is 13.3. The number of nitrogens with zero attached hydrogens (tertiary/aromatic N) is 4. The number of aromatic nitrogens is 4. The molecule has 1 unspecified atom stereocenters. The summed E-state index contributed by atoms with van der Waals surface area (Å²) in [4.78, 5) is 70.0. The average Bonchev–Trinajstić information content (AvgIpc) is 3.94. The maximum Gasteiger partial charge on any atom is 0.407 e. The Bertz CT molecular complexity index is 1740. The number of carbonyl (C=O) groups excluding carboxylic acids is 4. The number of ether oxygens (including phenoxy) is 2. The van der Waals surface area contributed by atoms with Crippen molar-refractivity contribution in [3.05, 3.63) is 59.6 Å². The SMILES string of the molecule is COC(=O)NC(C(=O)N1CCC[C@H]1c1ncc(-c2ccc(C#Cc3cnc([C@@H]4CCCN4C(=O)[C@@H](NC(=O)OC)C(C)C)[nH]3)cc2)[nH]1)C(C)C. The van der Waals surface area contributed by atoms with Crippen molar-refractivity contribution in [3.63, 3.8) is 0 Å². The normalized spacial score (nSPS) is 18.4. The van der Waals surface area contributed by atoms with E-state index in [1.807, 2.05) is 52.0 Å². The van der Waals surface area contributed by atoms with Gasteiger partial charge in [0.15, 0.2) is 0 Å². The summed E-state index contributed by atoms with van der Waals surface area (Å²) >= 11 is 0. The minimum atomic E-state index is -0.700. The van der Waals surface area contributed by atoms with E-state index >= 15 is 0 Å². The van der Waals surface area contributed by atoms with Gasteiger partial charge in [-0.05, 0) is 61.1 Å². The zero-order valence-electron chi connectivity index (χ0n) is 29.4. The smallest absolute Gasteiger partial charge is 0.407 e. The highest BCUT2D eigenvalue weighted by Gasteiger charge is 2.38. The summed E-state index contributed by atoms with van der Waals surface area (Å²) in [7, 11) is 2.56. The van der Waals surface area contributed by atoms with Crippen molar-refractivity contribution < 1.29 is 28.7 Å². The number of methoxy groups -OCH3 is 2. The highest BCUT2D eigenvalue weighted by atomic mass is 16.5. The average molecular weight is 687 g/mol. The molecule has 2 fully saturated rings. The Kier molecular flexibility index (Phi) is 11.5. The number of imidazole rings is 2. The molecule has 3 aromatic rings. The highest BCUT2D eigenvalue weighted by molar-refractivity contribution is 5.87. The Hall–Kier alpha value is -5.32. The molecule has 4 N–H and O–H groups in total. The summed E-state index contributed by atoms with van der Waals surface area (Å²) in [5.74, 6) is 7.13. The lowest BCUT2D eigenvalue weighted by molar-refractivity contribution is -0.136. The second-order valence-electron chi connectivity index (χ2n) is 13.3. The van der Waals surface area contributed by atoms with Crippen LogP contribution < -0.4 is 10.6 Å². The minimum absolute atomic E-state index is 0.110. The van der Waals surface area contributed by atoms with E-state index in [1.165, 1.54) is 14.2 Å². The number of likely N-dealkylation sites (tertiary alicyclic amines) is 2. The fourth-order valence-electron chi connectivity index (χ4n) is 6.48. The number of aromatic amines is 2. The van der Waals surface area contributed by atoms with Gasteiger partial charge in [0.25, 0.3) is 0 Å². The first kappa shape index (κ1) is 36.0. The Balaban J connectivity index is 1.23. The lowest BCUT2D eigenvalue weighted by Gasteiger charge is -2.30. The number of H-pyrrole nitrogens is 2. The van der Waals surface area contributed by atoms with Crippen molar-refractivity contribution in [2.45, 2.75) is 77.5 Å². The fraction of sp³-hybridized carbons (Fsp3) is 0.500. The van der Waals surface area contributed by atoms with E-state index < -0.39 is 24.3 Å². The molecule has 14 heteroatoms. The second kappa shape index (κ2) is 15.9. The van der Waals surface area contributed by atoms with Gasteiger partial charge >= 0.3 is 12.2 Å². The first-order valence-corrected chi connectivity index (χ1v) is 17.0. The van der Waals surface area contributed by atoms with Crippen LogP contribution >= 0.6 is 0 Å². The van der Waals surface area contributed by atoms with Crippen LogP contribution in [0.2, 0.25) is 0 Å². The molecule has 4 heterocycles. The third-order valence-corrected chi connectivity index (χ3v) is 9.21. The predicted molar refractivity (Wildman–Crippen MR) is 184 cm³/mol. The van der Waals surface area contributed by atoms with E-state index in [0.29, 0.717) is 30.4 Å². The van der Waals surface area contributed by atoms with Gasteiger partial charge in [0.2, 0.25) is 11.8 Å². The maximum absolute atomic E-state index is 13.5. The molecule has 14 nitrogen and oxygen atoms in total. The van der Waals surface area contributed by atoms with Gasteiger partial charge in [-0.15, -0.1) is 0 Å². The topological polar surface area (TPSA) is 175 Å². The number of benzene rings is 1. The summed E-state index contributed by atoms with van der Waals surface area (Å²) in [6, 6.07) is 5.92. The van der Waals surface area contributed by atoms with Gasteiger partial charge in [-0.3, -0.25) is 9.59 Å². The Labute approximate surface area is 292 Å². The Morgan fingerprint density at radius 2 is 1.26 bits per heavy atom. The van der Waals surface area contributed by atoms with Gasteiger partial charge in [0.05, 0.1) is 44.4 Å². The van der Waals surface area contributed by atoms with E-state index in [9.17, 15) is 19.2 Å². The minimum Gasteiger partial charge on any atom is -0.453 e. The number of amides is 4. The third kappa shape index (κ3) is 8.10. The van der Waals surface area contributed by atoms with Gasteiger partial charge in [0, 0.05) is 18.7 Å². The van der Waals surface area contributed by atoms with Gasteiger partial charge < -0.3 is 39.9 Å². The monoisotopic (exact) mass is 686 g/mol. The molecule has 0 spiro atoms. The number of nitrogens with one attached hydrogen (secondary N) is 4. The molecule has 2 aromatic heterocycles. The van der Waals surface area contributed by atoms with Crippen LogP contribution in [-0.2, 0) is 19.1 Å². The van der Waals surface area contributed by atoms with E-state index in [1.54, 1.807) is 22.2 Å². The van der Waals surface area contributed by atoms with E-state index in [0.717, 1.165) is 42.5 Å². The number of carbonyl (C=O) groups is 4. The van der Waals surface area contributed by atoms with Crippen LogP contribution in [0.3, 0.4) is 0 Å². The maximum atomic E-state index is 13.5. The van der Waals surface area contributed by atoms with E-state index in [2.05, 4.69) is 42.4 Å². The zero-order chi connectivity index (χ0) is 35.9. The fourth-order valence-corrected chi connectivity index (χ4v) is 6.48. The molecule has 2 aliphatic rings. The van der Waals surface area contributed by atoms with Crippen molar-refractivity contribution in [2.24, 2.45) is 11.8 Å². The van der Waals surface area contributed by atoms with Crippen LogP contribution in [0.25, 0.3) is 11.3 Å². The van der Waals surface area contributed by atoms with E-state index in [4.69, 9.17) is 9.47 Å². The number of hydrogen-bond acceptors (Lipinski definition) is 8. The molecule has 2 saturated heterocycles. The van der Waals surface area contributed by atoms with Gasteiger partial charge in [0.1, 0.15) is 29.4 Å². The third-order valence-electron chi connectivity index (χ3n) is 9.21. The number of alkyl carbamates (subject to hydrolysis) is 2. The van der Waals surface area contributed by atoms with Crippen LogP contribution in [0.4, 0.5) is 9.59 Å². The standard InChI is InChI=1S/C36H46N8O6/c1-21(2)29(41-35(47)49-5)33(45)43-17-7-9-27(43)31-37-19-25(39-31)16-13-23-11-14-24(15-12-23)26-20-38-32(40-26)28-10-8-18-44(28)34(46)30(22(3)4)42-36(48)50-6/h11-12,14-15,19-22,27-30H,7-10,17-18H2,1-6H3,(H,37,39)(H,38,40)(H,41,47)(H,42,48)/t27-,28-,29-,30?/m0/s1. The van der Waals surface area contributed by atoms with Crippen molar-refractivity contribution in [3.8, 4) is 23.1 Å². The summed E-state index contributed by atoms with van der Waals surface area (Å²) in [6.45, 7) is 8.70. The van der Waals surface area contributed by atoms with Crippen LogP contribution in [0.15, 0.2) is 36.7 Å². The van der Waals surface area contributed by atoms with Crippen LogP contribution in [0.5, 0.6) is 0 Å². The molecule has 4 amide bonds. The summed E-state index contributed by atoms with van der Waals surface area (Å²) in [6.07, 6.45) is 5.36. The molecular formula is C36H46N8O6. The van der Waals surface area contributed by atoms with Crippen molar-refractivity contribution >= 4 is 24.0 Å². The lowest BCUT2D eigenvalue weighted by atomic mass is 10.0. The van der Waals surface area contributed by atoms with Crippen LogP contribution in [0.1, 0.15) is 88.4 Å². The summed E-state index contributed by atoms with van der Waals surface area (Å²) < 4.78 is 9.45. The molecule has 266 valence electrons. The molecule has 0 aliphatic carbocycles.